The van der Waals surface area contributed by atoms with E-state index in [4.69, 9.17) is 0 Å². The molecule has 0 aliphatic carbocycles. The molecule has 3 heteroatoms. The van der Waals surface area contributed by atoms with Gasteiger partial charge in [0.05, 0.1) is 0 Å². The van der Waals surface area contributed by atoms with Gasteiger partial charge in [-0.15, -0.1) is 6.58 Å². The zero-order chi connectivity index (χ0) is 23.5. The van der Waals surface area contributed by atoms with E-state index in [0.717, 1.165) is 76.8 Å². The van der Waals surface area contributed by atoms with Crippen molar-refractivity contribution in [1.82, 2.24) is 0 Å². The van der Waals surface area contributed by atoms with Gasteiger partial charge < -0.3 is 9.59 Å². The Kier molecular flexibility index (Phi) is 33.3. The Balaban J connectivity index is -0.000000391. The van der Waals surface area contributed by atoms with Crippen LogP contribution in [-0.2, 0) is 14.4 Å². The van der Waals surface area contributed by atoms with Crippen LogP contribution in [0.2, 0.25) is 0 Å². The number of Topliss-reactive ketones (excluding diaryl/α,β-unsaturated/α-hetero) is 1. The van der Waals surface area contributed by atoms with Crippen molar-refractivity contribution in [2.45, 2.75) is 131 Å². The summed E-state index contributed by atoms with van der Waals surface area (Å²) >= 11 is 0. The molecule has 2 atom stereocenters. The maximum atomic E-state index is 11.7. The van der Waals surface area contributed by atoms with Crippen LogP contribution < -0.4 is 0 Å². The van der Waals surface area contributed by atoms with Gasteiger partial charge in [0.1, 0.15) is 18.4 Å². The highest BCUT2D eigenvalue weighted by molar-refractivity contribution is 5.80. The third-order valence-corrected chi connectivity index (χ3v) is 5.09. The largest absolute Gasteiger partial charge is 0.303 e. The van der Waals surface area contributed by atoms with Crippen molar-refractivity contribution in [3.8, 4) is 0 Å². The van der Waals surface area contributed by atoms with Crippen LogP contribution in [-0.4, -0.2) is 18.4 Å². The molecule has 3 nitrogen and oxygen atoms in total. The molecular formula is C27H52O3. The number of aldehydes is 2. The molecule has 0 spiro atoms. The highest BCUT2D eigenvalue weighted by Gasteiger charge is 2.14. The summed E-state index contributed by atoms with van der Waals surface area (Å²) in [6.45, 7) is 14.2. The van der Waals surface area contributed by atoms with Crippen molar-refractivity contribution < 1.29 is 14.4 Å². The lowest BCUT2D eigenvalue weighted by Crippen LogP contribution is -2.13. The number of carbonyl (C=O) groups is 3. The zero-order valence-corrected chi connectivity index (χ0v) is 20.9. The number of unbranched alkanes of at least 4 members (excludes halogenated alkanes) is 7. The number of carbonyl (C=O) groups excluding carboxylic acids is 3. The Morgan fingerprint density at radius 1 is 0.800 bits per heavy atom. The molecule has 30 heavy (non-hydrogen) atoms. The average molecular weight is 425 g/mol. The second-order valence-electron chi connectivity index (χ2n) is 8.17. The van der Waals surface area contributed by atoms with Crippen LogP contribution in [0, 0.1) is 11.8 Å². The van der Waals surface area contributed by atoms with Crippen molar-refractivity contribution in [1.29, 1.82) is 0 Å². The molecule has 0 saturated carbocycles. The summed E-state index contributed by atoms with van der Waals surface area (Å²) in [5.41, 5.74) is 0. The summed E-state index contributed by atoms with van der Waals surface area (Å²) in [5.74, 6) is 1.07. The summed E-state index contributed by atoms with van der Waals surface area (Å²) in [7, 11) is 0. The monoisotopic (exact) mass is 424 g/mol. The zero-order valence-electron chi connectivity index (χ0n) is 20.9. The predicted molar refractivity (Wildman–Crippen MR) is 132 cm³/mol. The first-order chi connectivity index (χ1) is 14.5. The maximum absolute atomic E-state index is 11.7. The second kappa shape index (κ2) is 29.9. The fourth-order valence-corrected chi connectivity index (χ4v) is 2.98. The van der Waals surface area contributed by atoms with E-state index >= 15 is 0 Å². The van der Waals surface area contributed by atoms with E-state index in [9.17, 15) is 14.4 Å². The molecule has 178 valence electrons. The molecule has 2 unspecified atom stereocenters. The van der Waals surface area contributed by atoms with Gasteiger partial charge in [0.2, 0.25) is 0 Å². The molecule has 0 aromatic rings. The predicted octanol–water partition coefficient (Wildman–Crippen LogP) is 8.30. The van der Waals surface area contributed by atoms with E-state index in [2.05, 4.69) is 34.3 Å². The lowest BCUT2D eigenvalue weighted by Gasteiger charge is -2.11. The number of hydrogen-bond donors (Lipinski definition) is 0. The first-order valence-electron chi connectivity index (χ1n) is 12.5. The van der Waals surface area contributed by atoms with Gasteiger partial charge >= 0.3 is 0 Å². The highest BCUT2D eigenvalue weighted by Crippen LogP contribution is 2.15. The SMILES string of the molecule is C=CCCCCC(=O)C(CC)CCC.CCCCC(C)C=O.CCCCCCC=O. The van der Waals surface area contributed by atoms with Gasteiger partial charge in [0.25, 0.3) is 0 Å². The third kappa shape index (κ3) is 29.0. The molecule has 0 aliphatic heterocycles. The molecular weight excluding hydrogens is 372 g/mol. The van der Waals surface area contributed by atoms with Gasteiger partial charge in [0.15, 0.2) is 0 Å². The van der Waals surface area contributed by atoms with E-state index in [-0.39, 0.29) is 5.92 Å². The minimum absolute atomic E-state index is 0.273. The quantitative estimate of drug-likeness (QED) is 0.126. The first-order valence-corrected chi connectivity index (χ1v) is 12.5. The van der Waals surface area contributed by atoms with Gasteiger partial charge in [-0.05, 0) is 44.9 Å². The number of allylic oxidation sites excluding steroid dienone is 1. The van der Waals surface area contributed by atoms with Gasteiger partial charge in [-0.3, -0.25) is 4.79 Å². The van der Waals surface area contributed by atoms with Crippen LogP contribution in [0.1, 0.15) is 131 Å². The molecule has 0 rings (SSSR count). The van der Waals surface area contributed by atoms with Gasteiger partial charge in [-0.1, -0.05) is 79.2 Å². The molecule has 0 radical (unpaired) electrons. The smallest absolute Gasteiger partial charge is 0.135 e. The standard InChI is InChI=1S/C13H24O.2C7H14O/c1-4-7-8-9-11-13(14)12(6-3)10-5-2;1-3-4-5-7(2)6-8;1-2-3-4-5-6-7-8/h4,12H,1,5-11H2,2-3H3;6-7H,3-5H2,1-2H3;7H,2-6H2,1H3. The molecule has 0 aromatic carbocycles. The minimum Gasteiger partial charge on any atom is -0.303 e. The van der Waals surface area contributed by atoms with E-state index in [1.807, 2.05) is 13.0 Å². The fourth-order valence-electron chi connectivity index (χ4n) is 2.98. The normalized spacial score (nSPS) is 11.8. The lowest BCUT2D eigenvalue weighted by molar-refractivity contribution is -0.123. The molecule has 0 N–H and O–H groups in total. The first kappa shape index (κ1) is 33.4. The van der Waals surface area contributed by atoms with Crippen molar-refractivity contribution >= 4 is 18.4 Å². The molecule has 0 aliphatic rings. The number of hydrogen-bond acceptors (Lipinski definition) is 3. The molecule has 0 heterocycles. The Bertz CT molecular complexity index is 376. The van der Waals surface area contributed by atoms with Crippen LogP contribution in [0.4, 0.5) is 0 Å². The summed E-state index contributed by atoms with van der Waals surface area (Å²) < 4.78 is 0. The number of rotatable bonds is 18. The minimum atomic E-state index is 0.273. The van der Waals surface area contributed by atoms with Crippen LogP contribution in [0.15, 0.2) is 12.7 Å². The van der Waals surface area contributed by atoms with Crippen molar-refractivity contribution in [3.05, 3.63) is 12.7 Å². The van der Waals surface area contributed by atoms with E-state index in [1.165, 1.54) is 32.1 Å². The van der Waals surface area contributed by atoms with Gasteiger partial charge in [0, 0.05) is 24.7 Å². The molecule has 0 fully saturated rings. The van der Waals surface area contributed by atoms with Crippen LogP contribution in [0.25, 0.3) is 0 Å². The topological polar surface area (TPSA) is 51.2 Å². The Morgan fingerprint density at radius 3 is 1.90 bits per heavy atom. The van der Waals surface area contributed by atoms with Gasteiger partial charge in [-0.25, -0.2) is 0 Å². The Morgan fingerprint density at radius 2 is 1.43 bits per heavy atom. The summed E-state index contributed by atoms with van der Waals surface area (Å²) in [5, 5.41) is 0. The number of ketones is 1. The highest BCUT2D eigenvalue weighted by atomic mass is 16.1. The van der Waals surface area contributed by atoms with Crippen LogP contribution in [0.5, 0.6) is 0 Å². The van der Waals surface area contributed by atoms with E-state index in [0.29, 0.717) is 11.7 Å². The summed E-state index contributed by atoms with van der Waals surface area (Å²) in [6, 6.07) is 0. The van der Waals surface area contributed by atoms with Crippen molar-refractivity contribution in [2.24, 2.45) is 11.8 Å². The molecule has 0 aromatic heterocycles. The lowest BCUT2D eigenvalue weighted by atomic mass is 9.92. The van der Waals surface area contributed by atoms with Crippen LogP contribution >= 0.6 is 0 Å². The van der Waals surface area contributed by atoms with Gasteiger partial charge in [-0.2, -0.15) is 0 Å². The fraction of sp³-hybridized carbons (Fsp3) is 0.815. The van der Waals surface area contributed by atoms with E-state index < -0.39 is 0 Å². The van der Waals surface area contributed by atoms with Crippen molar-refractivity contribution in [3.63, 3.8) is 0 Å². The van der Waals surface area contributed by atoms with Crippen LogP contribution in [0.3, 0.4) is 0 Å². The third-order valence-electron chi connectivity index (χ3n) is 5.09. The summed E-state index contributed by atoms with van der Waals surface area (Å²) in [6.07, 6.45) is 20.1. The van der Waals surface area contributed by atoms with E-state index in [1.54, 1.807) is 0 Å². The second-order valence-corrected chi connectivity index (χ2v) is 8.17. The average Bonchev–Trinajstić information content (AvgIpc) is 2.77. The Hall–Kier alpha value is -1.25. The van der Waals surface area contributed by atoms with Crippen molar-refractivity contribution in [2.75, 3.05) is 0 Å². The maximum Gasteiger partial charge on any atom is 0.135 e. The molecule has 0 bridgehead atoms. The Labute approximate surface area is 188 Å². The molecule has 0 amide bonds. The summed E-state index contributed by atoms with van der Waals surface area (Å²) in [4.78, 5) is 31.5. The molecule has 0 saturated heterocycles.